The topological polar surface area (TPSA) is 71.8 Å². The monoisotopic (exact) mass is 275 g/mol. The van der Waals surface area contributed by atoms with E-state index in [0.717, 1.165) is 16.5 Å². The van der Waals surface area contributed by atoms with E-state index in [1.54, 1.807) is 18.2 Å². The van der Waals surface area contributed by atoms with Crippen molar-refractivity contribution in [1.82, 2.24) is 4.57 Å². The number of nitriles is 1. The second-order valence-corrected chi connectivity index (χ2v) is 4.86. The van der Waals surface area contributed by atoms with Crippen molar-refractivity contribution in [3.8, 4) is 6.07 Å². The molecule has 1 aromatic heterocycles. The highest BCUT2D eigenvalue weighted by Crippen LogP contribution is 2.21. The van der Waals surface area contributed by atoms with Crippen LogP contribution in [0, 0.1) is 11.3 Å². The van der Waals surface area contributed by atoms with Crippen LogP contribution in [0.5, 0.6) is 0 Å². The van der Waals surface area contributed by atoms with Gasteiger partial charge in [-0.1, -0.05) is 18.2 Å². The number of hydrogen-bond donors (Lipinski definition) is 1. The number of carbonyl (C=O) groups is 1. The van der Waals surface area contributed by atoms with Gasteiger partial charge in [0.15, 0.2) is 0 Å². The van der Waals surface area contributed by atoms with E-state index < -0.39 is 5.91 Å². The fraction of sp³-hybridized carbons (Fsp3) is 0.0588. The third-order valence-electron chi connectivity index (χ3n) is 3.50. The van der Waals surface area contributed by atoms with Crippen molar-refractivity contribution in [1.29, 1.82) is 5.26 Å². The lowest BCUT2D eigenvalue weighted by Gasteiger charge is -2.07. The molecule has 0 radical (unpaired) electrons. The minimum absolute atomic E-state index is 0.430. The molecule has 0 aliphatic rings. The normalized spacial score (nSPS) is 10.4. The molecule has 2 N–H and O–H groups in total. The van der Waals surface area contributed by atoms with Crippen LogP contribution in [0.25, 0.3) is 10.9 Å². The second kappa shape index (κ2) is 5.14. The fourth-order valence-electron chi connectivity index (χ4n) is 2.48. The van der Waals surface area contributed by atoms with Gasteiger partial charge in [-0.05, 0) is 35.9 Å². The molecule has 0 spiro atoms. The predicted molar refractivity (Wildman–Crippen MR) is 80.7 cm³/mol. The minimum atomic E-state index is -0.430. The van der Waals surface area contributed by atoms with Crippen molar-refractivity contribution in [2.24, 2.45) is 5.73 Å². The van der Waals surface area contributed by atoms with Gasteiger partial charge in [0, 0.05) is 29.2 Å². The first kappa shape index (κ1) is 12.9. The van der Waals surface area contributed by atoms with Crippen molar-refractivity contribution in [2.75, 3.05) is 0 Å². The molecule has 0 atom stereocenters. The van der Waals surface area contributed by atoms with Gasteiger partial charge in [0.2, 0.25) is 5.91 Å². The minimum Gasteiger partial charge on any atom is -0.366 e. The first-order chi connectivity index (χ1) is 10.2. The van der Waals surface area contributed by atoms with Crippen LogP contribution >= 0.6 is 0 Å². The summed E-state index contributed by atoms with van der Waals surface area (Å²) in [5.74, 6) is -0.430. The maximum atomic E-state index is 11.2. The number of aromatic nitrogens is 1. The first-order valence-corrected chi connectivity index (χ1v) is 6.56. The molecule has 0 unspecified atom stereocenters. The number of carbonyl (C=O) groups excluding carboxylic acids is 1. The number of hydrogen-bond acceptors (Lipinski definition) is 2. The van der Waals surface area contributed by atoms with E-state index in [9.17, 15) is 4.79 Å². The highest BCUT2D eigenvalue weighted by Gasteiger charge is 2.07. The van der Waals surface area contributed by atoms with Gasteiger partial charge in [0.25, 0.3) is 0 Å². The summed E-state index contributed by atoms with van der Waals surface area (Å²) in [6.45, 7) is 0.625. The van der Waals surface area contributed by atoms with Gasteiger partial charge >= 0.3 is 0 Å². The van der Waals surface area contributed by atoms with Crippen LogP contribution in [-0.4, -0.2) is 10.5 Å². The van der Waals surface area contributed by atoms with Gasteiger partial charge in [-0.15, -0.1) is 0 Å². The molecule has 0 bridgehead atoms. The Balaban J connectivity index is 2.01. The molecule has 0 aliphatic heterocycles. The lowest BCUT2D eigenvalue weighted by molar-refractivity contribution is 0.1000. The summed E-state index contributed by atoms with van der Waals surface area (Å²) in [6.07, 6.45) is 1.95. The number of nitrogens with two attached hydrogens (primary N) is 1. The van der Waals surface area contributed by atoms with E-state index in [4.69, 9.17) is 11.0 Å². The zero-order valence-electron chi connectivity index (χ0n) is 11.3. The number of rotatable bonds is 3. The molecule has 4 nitrogen and oxygen atoms in total. The lowest BCUT2D eigenvalue weighted by Crippen LogP contribution is -2.11. The van der Waals surface area contributed by atoms with Crippen LogP contribution in [0.15, 0.2) is 54.7 Å². The van der Waals surface area contributed by atoms with Crippen LogP contribution in [0.2, 0.25) is 0 Å². The van der Waals surface area contributed by atoms with E-state index in [-0.39, 0.29) is 0 Å². The first-order valence-electron chi connectivity index (χ1n) is 6.56. The Morgan fingerprint density at radius 3 is 2.76 bits per heavy atom. The van der Waals surface area contributed by atoms with Crippen LogP contribution in [-0.2, 0) is 6.54 Å². The van der Waals surface area contributed by atoms with Crippen LogP contribution in [0.4, 0.5) is 0 Å². The summed E-state index contributed by atoms with van der Waals surface area (Å²) in [7, 11) is 0. The molecule has 0 saturated carbocycles. The fourth-order valence-corrected chi connectivity index (χ4v) is 2.48. The molecular weight excluding hydrogens is 262 g/mol. The average Bonchev–Trinajstić information content (AvgIpc) is 2.90. The number of fused-ring (bicyclic) bond motifs is 1. The summed E-state index contributed by atoms with van der Waals surface area (Å²) in [5.41, 5.74) is 8.46. The molecule has 3 aromatic rings. The van der Waals surface area contributed by atoms with Crippen LogP contribution in [0.3, 0.4) is 0 Å². The SMILES string of the molecule is N#Cc1cccc2c1ccn2Cc1cccc(C(N)=O)c1. The molecule has 1 amide bonds. The second-order valence-electron chi connectivity index (χ2n) is 4.86. The predicted octanol–water partition coefficient (Wildman–Crippen LogP) is 2.66. The van der Waals surface area contributed by atoms with Crippen molar-refractivity contribution < 1.29 is 4.79 Å². The lowest BCUT2D eigenvalue weighted by atomic mass is 10.1. The molecule has 21 heavy (non-hydrogen) atoms. The van der Waals surface area contributed by atoms with E-state index in [2.05, 4.69) is 10.6 Å². The molecule has 2 aromatic carbocycles. The summed E-state index contributed by atoms with van der Waals surface area (Å²) >= 11 is 0. The Labute approximate surface area is 122 Å². The molecule has 1 heterocycles. The quantitative estimate of drug-likeness (QED) is 0.798. The van der Waals surface area contributed by atoms with E-state index in [1.165, 1.54) is 0 Å². The highest BCUT2D eigenvalue weighted by molar-refractivity contribution is 5.93. The van der Waals surface area contributed by atoms with Gasteiger partial charge in [-0.2, -0.15) is 5.26 Å². The molecule has 0 aliphatic carbocycles. The maximum Gasteiger partial charge on any atom is 0.248 e. The Hall–Kier alpha value is -3.06. The van der Waals surface area contributed by atoms with Gasteiger partial charge < -0.3 is 10.3 Å². The average molecular weight is 275 g/mol. The van der Waals surface area contributed by atoms with Gasteiger partial charge in [-0.25, -0.2) is 0 Å². The van der Waals surface area contributed by atoms with Crippen molar-refractivity contribution in [2.45, 2.75) is 6.54 Å². The van der Waals surface area contributed by atoms with Crippen molar-refractivity contribution in [3.63, 3.8) is 0 Å². The summed E-state index contributed by atoms with van der Waals surface area (Å²) in [5, 5.41) is 10.1. The molecule has 3 rings (SSSR count). The molecule has 102 valence electrons. The third kappa shape index (κ3) is 2.37. The molecular formula is C17H13N3O. The molecule has 0 saturated heterocycles. The van der Waals surface area contributed by atoms with E-state index >= 15 is 0 Å². The Kier molecular flexibility index (Phi) is 3.17. The summed E-state index contributed by atoms with van der Waals surface area (Å²) < 4.78 is 2.05. The van der Waals surface area contributed by atoms with E-state index in [1.807, 2.05) is 36.5 Å². The highest BCUT2D eigenvalue weighted by atomic mass is 16.1. The number of benzene rings is 2. The third-order valence-corrected chi connectivity index (χ3v) is 3.50. The largest absolute Gasteiger partial charge is 0.366 e. The van der Waals surface area contributed by atoms with Gasteiger partial charge in [-0.3, -0.25) is 4.79 Å². The standard InChI is InChI=1S/C17H13N3O/c18-10-14-5-2-6-16-15(14)7-8-20(16)11-12-3-1-4-13(9-12)17(19)21/h1-9H,11H2,(H2,19,21). The van der Waals surface area contributed by atoms with Crippen molar-refractivity contribution in [3.05, 3.63) is 71.4 Å². The summed E-state index contributed by atoms with van der Waals surface area (Å²) in [6, 6.07) is 17.1. The van der Waals surface area contributed by atoms with Gasteiger partial charge in [0.1, 0.15) is 0 Å². The molecule has 0 fully saturated rings. The van der Waals surface area contributed by atoms with Gasteiger partial charge in [0.05, 0.1) is 11.6 Å². The number of nitrogens with zero attached hydrogens (tertiary/aromatic N) is 2. The Morgan fingerprint density at radius 1 is 1.19 bits per heavy atom. The van der Waals surface area contributed by atoms with Crippen LogP contribution < -0.4 is 5.73 Å². The number of primary amides is 1. The van der Waals surface area contributed by atoms with E-state index in [0.29, 0.717) is 17.7 Å². The van der Waals surface area contributed by atoms with Crippen molar-refractivity contribution >= 4 is 16.8 Å². The Bertz CT molecular complexity index is 871. The Morgan fingerprint density at radius 2 is 2.00 bits per heavy atom. The van der Waals surface area contributed by atoms with Crippen LogP contribution in [0.1, 0.15) is 21.5 Å². The molecule has 4 heteroatoms. The number of amides is 1. The smallest absolute Gasteiger partial charge is 0.248 e. The maximum absolute atomic E-state index is 11.2. The summed E-state index contributed by atoms with van der Waals surface area (Å²) in [4.78, 5) is 11.2. The zero-order chi connectivity index (χ0) is 14.8. The zero-order valence-corrected chi connectivity index (χ0v) is 11.3.